The summed E-state index contributed by atoms with van der Waals surface area (Å²) in [6.45, 7) is 2.26. The zero-order valence-corrected chi connectivity index (χ0v) is 11.1. The molecule has 0 saturated heterocycles. The van der Waals surface area contributed by atoms with Crippen LogP contribution in [0.3, 0.4) is 0 Å². The fourth-order valence-electron chi connectivity index (χ4n) is 1.40. The van der Waals surface area contributed by atoms with E-state index in [0.29, 0.717) is 18.7 Å². The highest BCUT2D eigenvalue weighted by atomic mass is 32.1. The fraction of sp³-hybridized carbons (Fsp3) is 0.500. The SMILES string of the molecule is CCCC(C(=O)NCc1csc(=O)[nH]1)C(N)=S. The van der Waals surface area contributed by atoms with Gasteiger partial charge in [-0.2, -0.15) is 0 Å². The molecule has 1 aromatic heterocycles. The molecule has 1 unspecified atom stereocenters. The molecule has 0 aliphatic carbocycles. The Balaban J connectivity index is 2.52. The van der Waals surface area contributed by atoms with Crippen molar-refractivity contribution in [2.24, 2.45) is 11.7 Å². The molecule has 0 aromatic carbocycles. The number of hydrogen-bond donors (Lipinski definition) is 3. The summed E-state index contributed by atoms with van der Waals surface area (Å²) < 4.78 is 0. The van der Waals surface area contributed by atoms with Gasteiger partial charge in [0.1, 0.15) is 0 Å². The molecule has 0 aliphatic rings. The summed E-state index contributed by atoms with van der Waals surface area (Å²) in [7, 11) is 0. The van der Waals surface area contributed by atoms with Gasteiger partial charge in [-0.05, 0) is 6.42 Å². The first kappa shape index (κ1) is 13.9. The monoisotopic (exact) mass is 273 g/mol. The molecular weight excluding hydrogens is 258 g/mol. The van der Waals surface area contributed by atoms with Crippen LogP contribution in [-0.2, 0) is 11.3 Å². The summed E-state index contributed by atoms with van der Waals surface area (Å²) in [6, 6.07) is 0. The second kappa shape index (κ2) is 6.51. The number of carbonyl (C=O) groups is 1. The summed E-state index contributed by atoms with van der Waals surface area (Å²) in [4.78, 5) is 25.4. The number of hydrogen-bond acceptors (Lipinski definition) is 4. The Labute approximate surface area is 108 Å². The second-order valence-corrected chi connectivity index (χ2v) is 4.95. The van der Waals surface area contributed by atoms with E-state index >= 15 is 0 Å². The lowest BCUT2D eigenvalue weighted by Crippen LogP contribution is -2.37. The van der Waals surface area contributed by atoms with E-state index in [-0.39, 0.29) is 15.8 Å². The highest BCUT2D eigenvalue weighted by Gasteiger charge is 2.19. The molecule has 7 heteroatoms. The van der Waals surface area contributed by atoms with E-state index in [1.165, 1.54) is 0 Å². The lowest BCUT2D eigenvalue weighted by atomic mass is 10.0. The number of thiocarbonyl (C=S) groups is 1. The normalized spacial score (nSPS) is 12.1. The average molecular weight is 273 g/mol. The van der Waals surface area contributed by atoms with E-state index in [2.05, 4.69) is 10.3 Å². The zero-order valence-electron chi connectivity index (χ0n) is 9.49. The Morgan fingerprint density at radius 1 is 1.71 bits per heavy atom. The smallest absolute Gasteiger partial charge is 0.304 e. The molecule has 1 heterocycles. The van der Waals surface area contributed by atoms with Crippen molar-refractivity contribution >= 4 is 34.5 Å². The minimum atomic E-state index is -0.430. The summed E-state index contributed by atoms with van der Waals surface area (Å²) >= 11 is 5.92. The van der Waals surface area contributed by atoms with Crippen LogP contribution in [0, 0.1) is 5.92 Å². The van der Waals surface area contributed by atoms with Crippen molar-refractivity contribution in [3.63, 3.8) is 0 Å². The van der Waals surface area contributed by atoms with Crippen molar-refractivity contribution in [1.82, 2.24) is 10.3 Å². The standard InChI is InChI=1S/C10H15N3O2S2/c1-2-3-7(8(11)16)9(14)12-4-6-5-17-10(15)13-6/h5,7H,2-4H2,1H3,(H2,11,16)(H,12,14)(H,13,15). The molecule has 0 radical (unpaired) electrons. The third kappa shape index (κ3) is 4.27. The molecule has 94 valence electrons. The number of aromatic nitrogens is 1. The average Bonchev–Trinajstić information content (AvgIpc) is 2.68. The highest BCUT2D eigenvalue weighted by molar-refractivity contribution is 7.80. The van der Waals surface area contributed by atoms with E-state index in [0.717, 1.165) is 17.8 Å². The third-order valence-corrected chi connectivity index (χ3v) is 3.26. The number of nitrogens with two attached hydrogens (primary N) is 1. The maximum atomic E-state index is 11.8. The predicted molar refractivity (Wildman–Crippen MR) is 72.0 cm³/mol. The van der Waals surface area contributed by atoms with E-state index in [9.17, 15) is 9.59 Å². The predicted octanol–water partition coefficient (Wildman–Crippen LogP) is 0.755. The molecule has 5 nitrogen and oxygen atoms in total. The van der Waals surface area contributed by atoms with Crippen LogP contribution >= 0.6 is 23.6 Å². The van der Waals surface area contributed by atoms with Crippen LogP contribution < -0.4 is 15.9 Å². The van der Waals surface area contributed by atoms with Crippen LogP contribution in [0.25, 0.3) is 0 Å². The van der Waals surface area contributed by atoms with Gasteiger partial charge in [-0.25, -0.2) is 0 Å². The van der Waals surface area contributed by atoms with E-state index in [1.807, 2.05) is 6.92 Å². The van der Waals surface area contributed by atoms with Crippen LogP contribution in [-0.4, -0.2) is 15.9 Å². The number of carbonyl (C=O) groups excluding carboxylic acids is 1. The molecular formula is C10H15N3O2S2. The van der Waals surface area contributed by atoms with Crippen molar-refractivity contribution in [3.05, 3.63) is 20.7 Å². The maximum Gasteiger partial charge on any atom is 0.304 e. The van der Waals surface area contributed by atoms with Gasteiger partial charge < -0.3 is 16.0 Å². The van der Waals surface area contributed by atoms with Crippen molar-refractivity contribution < 1.29 is 4.79 Å². The molecule has 1 atom stereocenters. The molecule has 4 N–H and O–H groups in total. The van der Waals surface area contributed by atoms with Gasteiger partial charge in [0.05, 0.1) is 17.5 Å². The van der Waals surface area contributed by atoms with Gasteiger partial charge in [-0.15, -0.1) is 0 Å². The largest absolute Gasteiger partial charge is 0.393 e. The Morgan fingerprint density at radius 2 is 2.41 bits per heavy atom. The Kier molecular flexibility index (Phi) is 5.30. The molecule has 0 spiro atoms. The van der Waals surface area contributed by atoms with Gasteiger partial charge in [0, 0.05) is 11.1 Å². The number of rotatable bonds is 6. The van der Waals surface area contributed by atoms with Crippen LogP contribution in [0.15, 0.2) is 10.2 Å². The molecule has 0 saturated carbocycles. The maximum absolute atomic E-state index is 11.8. The number of amides is 1. The third-order valence-electron chi connectivity index (χ3n) is 2.26. The first-order valence-corrected chi connectivity index (χ1v) is 6.57. The number of aromatic amines is 1. The molecule has 0 bridgehead atoms. The van der Waals surface area contributed by atoms with Gasteiger partial charge >= 0.3 is 4.87 Å². The minimum Gasteiger partial charge on any atom is -0.393 e. The summed E-state index contributed by atoms with van der Waals surface area (Å²) in [5.74, 6) is -0.619. The first-order chi connectivity index (χ1) is 8.04. The zero-order chi connectivity index (χ0) is 12.8. The van der Waals surface area contributed by atoms with E-state index in [1.54, 1.807) is 5.38 Å². The molecule has 1 aromatic rings. The number of nitrogens with one attached hydrogen (secondary N) is 2. The Bertz CT molecular complexity index is 452. The van der Waals surface area contributed by atoms with E-state index < -0.39 is 5.92 Å². The Morgan fingerprint density at radius 3 is 2.88 bits per heavy atom. The number of H-pyrrole nitrogens is 1. The first-order valence-electron chi connectivity index (χ1n) is 5.28. The van der Waals surface area contributed by atoms with Crippen LogP contribution in [0.5, 0.6) is 0 Å². The summed E-state index contributed by atoms with van der Waals surface area (Å²) in [5.41, 5.74) is 6.20. The summed E-state index contributed by atoms with van der Waals surface area (Å²) in [6.07, 6.45) is 1.48. The van der Waals surface area contributed by atoms with Gasteiger partial charge in [0.25, 0.3) is 0 Å². The highest BCUT2D eigenvalue weighted by Crippen LogP contribution is 2.07. The molecule has 1 rings (SSSR count). The number of thiazole rings is 1. The van der Waals surface area contributed by atoms with Crippen LogP contribution in [0.4, 0.5) is 0 Å². The molecule has 17 heavy (non-hydrogen) atoms. The second-order valence-electron chi connectivity index (χ2n) is 3.63. The summed E-state index contributed by atoms with van der Waals surface area (Å²) in [5, 5.41) is 4.39. The van der Waals surface area contributed by atoms with Crippen LogP contribution in [0.1, 0.15) is 25.5 Å². The quantitative estimate of drug-likeness (QED) is 0.668. The Hall–Kier alpha value is -1.21. The molecule has 1 amide bonds. The minimum absolute atomic E-state index is 0.131. The van der Waals surface area contributed by atoms with Gasteiger partial charge in [0.2, 0.25) is 5.91 Å². The molecule has 0 fully saturated rings. The van der Waals surface area contributed by atoms with Gasteiger partial charge in [0.15, 0.2) is 0 Å². The van der Waals surface area contributed by atoms with Crippen molar-refractivity contribution in [3.8, 4) is 0 Å². The fourth-order valence-corrected chi connectivity index (χ4v) is 2.20. The van der Waals surface area contributed by atoms with Crippen LogP contribution in [0.2, 0.25) is 0 Å². The topological polar surface area (TPSA) is 88.0 Å². The van der Waals surface area contributed by atoms with Crippen molar-refractivity contribution in [2.45, 2.75) is 26.3 Å². The van der Waals surface area contributed by atoms with Gasteiger partial charge in [-0.1, -0.05) is 36.9 Å². The lowest BCUT2D eigenvalue weighted by Gasteiger charge is -2.13. The lowest BCUT2D eigenvalue weighted by molar-refractivity contribution is -0.123. The van der Waals surface area contributed by atoms with Crippen molar-refractivity contribution in [1.29, 1.82) is 0 Å². The van der Waals surface area contributed by atoms with Crippen molar-refractivity contribution in [2.75, 3.05) is 0 Å². The molecule has 0 aliphatic heterocycles. The van der Waals surface area contributed by atoms with E-state index in [4.69, 9.17) is 18.0 Å². The van der Waals surface area contributed by atoms with Gasteiger partial charge in [-0.3, -0.25) is 9.59 Å².